The van der Waals surface area contributed by atoms with Crippen LogP contribution in [0.15, 0.2) is 0 Å². The third-order valence-corrected chi connectivity index (χ3v) is 5.50. The van der Waals surface area contributed by atoms with Crippen molar-refractivity contribution in [2.24, 2.45) is 5.41 Å². The lowest BCUT2D eigenvalue weighted by atomic mass is 9.64. The van der Waals surface area contributed by atoms with E-state index in [1.54, 1.807) is 4.90 Å². The van der Waals surface area contributed by atoms with E-state index in [-0.39, 0.29) is 28.8 Å². The number of hydrogen-bond donors (Lipinski definition) is 0. The minimum atomic E-state index is -0.102. The van der Waals surface area contributed by atoms with E-state index in [0.717, 1.165) is 13.0 Å². The summed E-state index contributed by atoms with van der Waals surface area (Å²) >= 11 is 0. The van der Waals surface area contributed by atoms with E-state index in [1.165, 1.54) is 0 Å². The Hall–Kier alpha value is -0.900. The fourth-order valence-electron chi connectivity index (χ4n) is 3.25. The van der Waals surface area contributed by atoms with E-state index in [9.17, 15) is 9.59 Å². The Labute approximate surface area is 109 Å². The number of imide groups is 1. The van der Waals surface area contributed by atoms with Crippen LogP contribution in [0.2, 0.25) is 0 Å². The molecule has 4 nitrogen and oxygen atoms in total. The summed E-state index contributed by atoms with van der Waals surface area (Å²) in [4.78, 5) is 27.8. The molecule has 2 aliphatic rings. The van der Waals surface area contributed by atoms with Crippen LogP contribution in [0.5, 0.6) is 0 Å². The first-order chi connectivity index (χ1) is 8.19. The molecule has 2 aliphatic heterocycles. The molecule has 0 bridgehead atoms. The molecule has 0 aliphatic carbocycles. The van der Waals surface area contributed by atoms with E-state index in [1.807, 2.05) is 0 Å². The number of carbonyl (C=O) groups is 2. The van der Waals surface area contributed by atoms with Crippen LogP contribution in [-0.2, 0) is 9.59 Å². The van der Waals surface area contributed by atoms with Gasteiger partial charge in [0.15, 0.2) is 0 Å². The predicted molar refractivity (Wildman–Crippen MR) is 70.0 cm³/mol. The van der Waals surface area contributed by atoms with Crippen LogP contribution >= 0.6 is 0 Å². The maximum atomic E-state index is 12.0. The van der Waals surface area contributed by atoms with E-state index in [0.29, 0.717) is 12.8 Å². The average molecular weight is 252 g/mol. The number of likely N-dealkylation sites (tertiary alicyclic amines) is 2. The number of hydrogen-bond acceptors (Lipinski definition) is 3. The lowest BCUT2D eigenvalue weighted by Crippen LogP contribution is -2.66. The molecule has 1 unspecified atom stereocenters. The van der Waals surface area contributed by atoms with Gasteiger partial charge < -0.3 is 4.90 Å². The summed E-state index contributed by atoms with van der Waals surface area (Å²) in [7, 11) is 2.12. The van der Waals surface area contributed by atoms with Crippen molar-refractivity contribution in [3.63, 3.8) is 0 Å². The smallest absolute Gasteiger partial charge is 0.229 e. The van der Waals surface area contributed by atoms with Gasteiger partial charge in [-0.3, -0.25) is 14.5 Å². The van der Waals surface area contributed by atoms with Gasteiger partial charge in [0.1, 0.15) is 0 Å². The molecule has 0 aromatic rings. The van der Waals surface area contributed by atoms with Gasteiger partial charge in [0.05, 0.1) is 0 Å². The molecule has 2 saturated heterocycles. The summed E-state index contributed by atoms with van der Waals surface area (Å²) in [6.07, 6.45) is 1.66. The molecule has 2 rings (SSSR count). The Kier molecular flexibility index (Phi) is 3.05. The minimum absolute atomic E-state index is 0.0124. The standard InChI is InChI=1S/C14H24N2O2/c1-13(2)10(8-9-15(5)14(13,3)4)16-11(17)6-7-12(16)18/h10H,6-9H2,1-5H3. The van der Waals surface area contributed by atoms with Crippen molar-refractivity contribution in [2.45, 2.75) is 58.5 Å². The van der Waals surface area contributed by atoms with Crippen LogP contribution in [0, 0.1) is 5.41 Å². The van der Waals surface area contributed by atoms with Gasteiger partial charge in [-0.2, -0.15) is 0 Å². The fraction of sp³-hybridized carbons (Fsp3) is 0.857. The second-order valence-electron chi connectivity index (χ2n) is 6.66. The Bertz CT molecular complexity index is 371. The SMILES string of the molecule is CN1CCC(N2C(=O)CCC2=O)C(C)(C)C1(C)C. The van der Waals surface area contributed by atoms with Crippen molar-refractivity contribution in [1.29, 1.82) is 0 Å². The molecule has 0 aromatic carbocycles. The fourth-order valence-corrected chi connectivity index (χ4v) is 3.25. The maximum absolute atomic E-state index is 12.0. The number of piperidine rings is 1. The molecule has 0 saturated carbocycles. The summed E-state index contributed by atoms with van der Waals surface area (Å²) < 4.78 is 0. The van der Waals surface area contributed by atoms with Crippen molar-refractivity contribution in [3.05, 3.63) is 0 Å². The highest BCUT2D eigenvalue weighted by Gasteiger charge is 2.53. The Morgan fingerprint density at radius 3 is 2.06 bits per heavy atom. The Morgan fingerprint density at radius 2 is 1.56 bits per heavy atom. The normalized spacial score (nSPS) is 32.1. The molecule has 4 heteroatoms. The van der Waals surface area contributed by atoms with Gasteiger partial charge >= 0.3 is 0 Å². The highest BCUT2D eigenvalue weighted by atomic mass is 16.2. The van der Waals surface area contributed by atoms with Crippen molar-refractivity contribution >= 4 is 11.8 Å². The number of carbonyl (C=O) groups excluding carboxylic acids is 2. The van der Waals surface area contributed by atoms with Crippen LogP contribution in [0.3, 0.4) is 0 Å². The average Bonchev–Trinajstić information content (AvgIpc) is 2.58. The highest BCUT2D eigenvalue weighted by Crippen LogP contribution is 2.45. The highest BCUT2D eigenvalue weighted by molar-refractivity contribution is 6.02. The molecule has 0 radical (unpaired) electrons. The van der Waals surface area contributed by atoms with Crippen molar-refractivity contribution in [3.8, 4) is 0 Å². The molecule has 1 atom stereocenters. The van der Waals surface area contributed by atoms with Crippen LogP contribution in [0.1, 0.15) is 47.0 Å². The van der Waals surface area contributed by atoms with E-state index in [4.69, 9.17) is 0 Å². The molecule has 102 valence electrons. The van der Waals surface area contributed by atoms with Gasteiger partial charge in [-0.25, -0.2) is 0 Å². The largest absolute Gasteiger partial charge is 0.301 e. The lowest BCUT2D eigenvalue weighted by molar-refractivity contribution is -0.152. The summed E-state index contributed by atoms with van der Waals surface area (Å²) in [6.45, 7) is 9.67. The van der Waals surface area contributed by atoms with E-state index >= 15 is 0 Å². The first kappa shape index (κ1) is 13.5. The first-order valence-electron chi connectivity index (χ1n) is 6.75. The predicted octanol–water partition coefficient (Wildman–Crippen LogP) is 1.64. The second-order valence-corrected chi connectivity index (χ2v) is 6.66. The molecule has 0 aromatic heterocycles. The summed E-state index contributed by atoms with van der Waals surface area (Å²) in [5.41, 5.74) is -0.130. The van der Waals surface area contributed by atoms with Crippen LogP contribution in [0.4, 0.5) is 0 Å². The molecule has 0 spiro atoms. The van der Waals surface area contributed by atoms with Crippen LogP contribution < -0.4 is 0 Å². The monoisotopic (exact) mass is 252 g/mol. The Morgan fingerprint density at radius 1 is 1.06 bits per heavy atom. The summed E-state index contributed by atoms with van der Waals surface area (Å²) in [5, 5.41) is 0. The van der Waals surface area contributed by atoms with Crippen molar-refractivity contribution in [2.75, 3.05) is 13.6 Å². The van der Waals surface area contributed by atoms with Crippen LogP contribution in [-0.4, -0.2) is 46.8 Å². The van der Waals surface area contributed by atoms with Crippen molar-refractivity contribution < 1.29 is 9.59 Å². The first-order valence-corrected chi connectivity index (χ1v) is 6.75. The second kappa shape index (κ2) is 4.05. The molecule has 2 fully saturated rings. The zero-order chi connectivity index (χ0) is 13.7. The van der Waals surface area contributed by atoms with E-state index in [2.05, 4.69) is 39.6 Å². The van der Waals surface area contributed by atoms with Gasteiger partial charge in [0, 0.05) is 36.4 Å². The zero-order valence-electron chi connectivity index (χ0n) is 12.1. The van der Waals surface area contributed by atoms with Gasteiger partial charge in [-0.05, 0) is 27.3 Å². The third-order valence-electron chi connectivity index (χ3n) is 5.50. The van der Waals surface area contributed by atoms with Crippen LogP contribution in [0.25, 0.3) is 0 Å². The third kappa shape index (κ3) is 1.69. The maximum Gasteiger partial charge on any atom is 0.229 e. The lowest BCUT2D eigenvalue weighted by Gasteiger charge is -2.57. The van der Waals surface area contributed by atoms with Crippen molar-refractivity contribution in [1.82, 2.24) is 9.80 Å². The van der Waals surface area contributed by atoms with E-state index < -0.39 is 0 Å². The van der Waals surface area contributed by atoms with Gasteiger partial charge in [-0.15, -0.1) is 0 Å². The Balaban J connectivity index is 2.34. The molecule has 0 N–H and O–H groups in total. The van der Waals surface area contributed by atoms with Gasteiger partial charge in [0.25, 0.3) is 0 Å². The summed E-state index contributed by atoms with van der Waals surface area (Å²) in [6, 6.07) is 0.0335. The summed E-state index contributed by atoms with van der Waals surface area (Å²) in [5.74, 6) is 0.0249. The van der Waals surface area contributed by atoms with Gasteiger partial charge in [-0.1, -0.05) is 13.8 Å². The molecule has 18 heavy (non-hydrogen) atoms. The number of amides is 2. The molecular formula is C14H24N2O2. The molecule has 2 heterocycles. The number of rotatable bonds is 1. The van der Waals surface area contributed by atoms with Gasteiger partial charge in [0.2, 0.25) is 11.8 Å². The quantitative estimate of drug-likeness (QED) is 0.666. The number of nitrogens with zero attached hydrogens (tertiary/aromatic N) is 2. The molecular weight excluding hydrogens is 228 g/mol. The topological polar surface area (TPSA) is 40.6 Å². The minimum Gasteiger partial charge on any atom is -0.301 e. The zero-order valence-corrected chi connectivity index (χ0v) is 12.1. The molecule has 2 amide bonds.